The highest BCUT2D eigenvalue weighted by atomic mass is 79.9. The van der Waals surface area contributed by atoms with E-state index in [-0.39, 0.29) is 4.32 Å². The largest absolute Gasteiger partial charge is 0.0798 e. The van der Waals surface area contributed by atoms with Gasteiger partial charge in [0.25, 0.3) is 0 Å². The summed E-state index contributed by atoms with van der Waals surface area (Å²) in [6.07, 6.45) is 5.13. The molecule has 2 heteroatoms. The SMILES string of the molecule is CC1(C)/C(=C\Br)C2(Br)CCC1C21Cc2ccccc2C1. The third kappa shape index (κ3) is 1.34. The maximum absolute atomic E-state index is 4.23. The maximum Gasteiger partial charge on any atom is 0.0544 e. The second-order valence-electron chi connectivity index (χ2n) is 7.42. The van der Waals surface area contributed by atoms with Crippen molar-refractivity contribution >= 4 is 31.9 Å². The van der Waals surface area contributed by atoms with Crippen LogP contribution in [0.5, 0.6) is 0 Å². The van der Waals surface area contributed by atoms with Gasteiger partial charge < -0.3 is 0 Å². The standard InChI is InChI=1S/C18H20Br2/c1-16(2)14-7-8-18(20,15(16)11-19)17(14)9-12-5-3-4-6-13(12)10-17/h3-6,11,14H,7-10H2,1-2H3/b15-11+. The molecule has 2 fully saturated rings. The number of fused-ring (bicyclic) bond motifs is 1. The summed E-state index contributed by atoms with van der Waals surface area (Å²) in [6.45, 7) is 4.88. The van der Waals surface area contributed by atoms with Crippen molar-refractivity contribution in [1.29, 1.82) is 0 Å². The highest BCUT2D eigenvalue weighted by Gasteiger charge is 2.72. The smallest absolute Gasteiger partial charge is 0.0544 e. The molecule has 0 radical (unpaired) electrons. The van der Waals surface area contributed by atoms with Gasteiger partial charge in [0.15, 0.2) is 0 Å². The van der Waals surface area contributed by atoms with Crippen molar-refractivity contribution in [2.24, 2.45) is 16.7 Å². The molecule has 0 amide bonds. The van der Waals surface area contributed by atoms with Gasteiger partial charge in [-0.15, -0.1) is 0 Å². The first kappa shape index (κ1) is 13.6. The van der Waals surface area contributed by atoms with Crippen molar-refractivity contribution in [3.8, 4) is 0 Å². The van der Waals surface area contributed by atoms with Gasteiger partial charge in [-0.3, -0.25) is 0 Å². The Morgan fingerprint density at radius 2 is 1.75 bits per heavy atom. The van der Waals surface area contributed by atoms with Crippen molar-refractivity contribution in [3.63, 3.8) is 0 Å². The average molecular weight is 396 g/mol. The number of hydrogen-bond acceptors (Lipinski definition) is 0. The van der Waals surface area contributed by atoms with Crippen LogP contribution in [-0.4, -0.2) is 4.32 Å². The summed E-state index contributed by atoms with van der Waals surface area (Å²) in [5, 5.41) is 0. The molecular formula is C18H20Br2. The fourth-order valence-corrected chi connectivity index (χ4v) is 8.39. The molecule has 106 valence electrons. The van der Waals surface area contributed by atoms with Gasteiger partial charge in [-0.05, 0) is 58.7 Å². The number of allylic oxidation sites excluding steroid dienone is 1. The molecule has 2 unspecified atom stereocenters. The number of hydrogen-bond donors (Lipinski definition) is 0. The summed E-state index contributed by atoms with van der Waals surface area (Å²) in [6, 6.07) is 9.06. The lowest BCUT2D eigenvalue weighted by molar-refractivity contribution is 0.161. The number of rotatable bonds is 0. The topological polar surface area (TPSA) is 0 Å². The van der Waals surface area contributed by atoms with Crippen LogP contribution in [0.1, 0.15) is 37.8 Å². The monoisotopic (exact) mass is 394 g/mol. The summed E-state index contributed by atoms with van der Waals surface area (Å²) in [5.74, 6) is 0.783. The van der Waals surface area contributed by atoms with E-state index in [0.717, 1.165) is 5.92 Å². The van der Waals surface area contributed by atoms with Crippen LogP contribution in [0.25, 0.3) is 0 Å². The second-order valence-corrected chi connectivity index (χ2v) is 9.23. The van der Waals surface area contributed by atoms with Crippen molar-refractivity contribution in [3.05, 3.63) is 46.0 Å². The van der Waals surface area contributed by atoms with Gasteiger partial charge >= 0.3 is 0 Å². The average Bonchev–Trinajstić information content (AvgIpc) is 2.94. The Morgan fingerprint density at radius 3 is 2.25 bits per heavy atom. The molecule has 2 bridgehead atoms. The molecule has 3 aliphatic rings. The van der Waals surface area contributed by atoms with Crippen LogP contribution in [0, 0.1) is 16.7 Å². The molecule has 0 N–H and O–H groups in total. The highest BCUT2D eigenvalue weighted by Crippen LogP contribution is 2.76. The molecule has 0 heterocycles. The van der Waals surface area contributed by atoms with Crippen LogP contribution in [0.4, 0.5) is 0 Å². The van der Waals surface area contributed by atoms with Crippen LogP contribution in [0.15, 0.2) is 34.8 Å². The molecule has 2 saturated carbocycles. The van der Waals surface area contributed by atoms with Gasteiger partial charge in [0.05, 0.1) is 4.32 Å². The Balaban J connectivity index is 1.90. The molecule has 1 aromatic rings. The highest BCUT2D eigenvalue weighted by molar-refractivity contribution is 9.11. The van der Waals surface area contributed by atoms with Gasteiger partial charge in [-0.25, -0.2) is 0 Å². The van der Waals surface area contributed by atoms with Crippen LogP contribution >= 0.6 is 31.9 Å². The zero-order chi connectivity index (χ0) is 14.2. The molecule has 2 atom stereocenters. The Labute approximate surface area is 138 Å². The zero-order valence-corrected chi connectivity index (χ0v) is 15.2. The molecule has 3 aliphatic carbocycles. The third-order valence-electron chi connectivity index (χ3n) is 6.47. The fourth-order valence-electron chi connectivity index (χ4n) is 5.70. The van der Waals surface area contributed by atoms with Gasteiger partial charge in [0.2, 0.25) is 0 Å². The number of halogens is 2. The van der Waals surface area contributed by atoms with Crippen LogP contribution < -0.4 is 0 Å². The lowest BCUT2D eigenvalue weighted by Gasteiger charge is -2.37. The molecule has 0 saturated heterocycles. The first-order chi connectivity index (χ1) is 9.46. The molecule has 1 spiro atoms. The Morgan fingerprint density at radius 1 is 1.15 bits per heavy atom. The van der Waals surface area contributed by atoms with E-state index in [0.29, 0.717) is 10.8 Å². The van der Waals surface area contributed by atoms with Crippen molar-refractivity contribution in [2.75, 3.05) is 0 Å². The van der Waals surface area contributed by atoms with E-state index < -0.39 is 0 Å². The molecule has 0 aromatic heterocycles. The lowest BCUT2D eigenvalue weighted by Crippen LogP contribution is -2.38. The second kappa shape index (κ2) is 4.01. The number of benzene rings is 1. The Hall–Kier alpha value is -0.0800. The molecule has 0 nitrogen and oxygen atoms in total. The summed E-state index contributed by atoms with van der Waals surface area (Å²) in [4.78, 5) is 2.21. The molecule has 0 aliphatic heterocycles. The Bertz CT molecular complexity index is 589. The van der Waals surface area contributed by atoms with E-state index in [4.69, 9.17) is 0 Å². The van der Waals surface area contributed by atoms with Crippen molar-refractivity contribution in [2.45, 2.75) is 43.9 Å². The molecule has 20 heavy (non-hydrogen) atoms. The van der Waals surface area contributed by atoms with Crippen molar-refractivity contribution < 1.29 is 0 Å². The first-order valence-electron chi connectivity index (χ1n) is 7.53. The molecule has 1 aromatic carbocycles. The predicted octanol–water partition coefficient (Wildman–Crippen LogP) is 5.63. The van der Waals surface area contributed by atoms with Crippen LogP contribution in [-0.2, 0) is 12.8 Å². The fraction of sp³-hybridized carbons (Fsp3) is 0.556. The molecular weight excluding hydrogens is 376 g/mol. The maximum atomic E-state index is 4.23. The normalized spacial score (nSPS) is 37.8. The quantitative estimate of drug-likeness (QED) is 0.499. The first-order valence-corrected chi connectivity index (χ1v) is 9.24. The summed E-state index contributed by atoms with van der Waals surface area (Å²) >= 11 is 7.90. The van der Waals surface area contributed by atoms with E-state index in [1.807, 2.05) is 0 Å². The van der Waals surface area contributed by atoms with Gasteiger partial charge in [-0.2, -0.15) is 0 Å². The van der Waals surface area contributed by atoms with Gasteiger partial charge in [0.1, 0.15) is 0 Å². The van der Waals surface area contributed by atoms with E-state index in [2.05, 4.69) is 75.0 Å². The Kier molecular flexibility index (Phi) is 2.72. The number of alkyl halides is 1. The van der Waals surface area contributed by atoms with Crippen LogP contribution in [0.2, 0.25) is 0 Å². The van der Waals surface area contributed by atoms with E-state index in [1.165, 1.54) is 25.7 Å². The third-order valence-corrected chi connectivity index (χ3v) is 8.54. The van der Waals surface area contributed by atoms with E-state index in [9.17, 15) is 0 Å². The zero-order valence-electron chi connectivity index (χ0n) is 12.0. The summed E-state index contributed by atoms with van der Waals surface area (Å²) in [7, 11) is 0. The summed E-state index contributed by atoms with van der Waals surface area (Å²) in [5.41, 5.74) is 5.42. The van der Waals surface area contributed by atoms with Crippen LogP contribution in [0.3, 0.4) is 0 Å². The predicted molar refractivity (Wildman–Crippen MR) is 91.5 cm³/mol. The summed E-state index contributed by atoms with van der Waals surface area (Å²) < 4.78 is 0.191. The lowest BCUT2D eigenvalue weighted by atomic mass is 9.69. The van der Waals surface area contributed by atoms with Gasteiger partial charge in [-0.1, -0.05) is 70.0 Å². The minimum absolute atomic E-state index is 0.191. The van der Waals surface area contributed by atoms with Crippen molar-refractivity contribution in [1.82, 2.24) is 0 Å². The van der Waals surface area contributed by atoms with E-state index in [1.54, 1.807) is 16.7 Å². The van der Waals surface area contributed by atoms with Gasteiger partial charge in [0, 0.05) is 5.41 Å². The molecule has 4 rings (SSSR count). The minimum atomic E-state index is 0.191. The minimum Gasteiger partial charge on any atom is -0.0798 e. The van der Waals surface area contributed by atoms with E-state index >= 15 is 0 Å².